The molecule has 2 heterocycles. The van der Waals surface area contributed by atoms with Gasteiger partial charge in [-0.1, -0.05) is 0 Å². The SMILES string of the molecule is CNC(=O)c1cnc2ccnn2c1. The average molecular weight is 176 g/mol. The Kier molecular flexibility index (Phi) is 1.70. The molecule has 0 saturated heterocycles. The van der Waals surface area contributed by atoms with Gasteiger partial charge in [0.05, 0.1) is 11.8 Å². The fraction of sp³-hybridized carbons (Fsp3) is 0.125. The normalized spacial score (nSPS) is 10.2. The van der Waals surface area contributed by atoms with Gasteiger partial charge >= 0.3 is 0 Å². The molecule has 0 atom stereocenters. The molecule has 0 saturated carbocycles. The second-order valence-electron chi connectivity index (χ2n) is 2.56. The van der Waals surface area contributed by atoms with Gasteiger partial charge in [0.1, 0.15) is 0 Å². The third-order valence-corrected chi connectivity index (χ3v) is 1.74. The van der Waals surface area contributed by atoms with Crippen LogP contribution >= 0.6 is 0 Å². The van der Waals surface area contributed by atoms with Crippen LogP contribution in [-0.2, 0) is 0 Å². The van der Waals surface area contributed by atoms with Crippen LogP contribution in [0.4, 0.5) is 0 Å². The van der Waals surface area contributed by atoms with E-state index in [9.17, 15) is 4.79 Å². The van der Waals surface area contributed by atoms with E-state index in [2.05, 4.69) is 15.4 Å². The van der Waals surface area contributed by atoms with E-state index < -0.39 is 0 Å². The number of aromatic nitrogens is 3. The highest BCUT2D eigenvalue weighted by atomic mass is 16.1. The number of fused-ring (bicyclic) bond motifs is 1. The van der Waals surface area contributed by atoms with Crippen LogP contribution in [0, 0.1) is 0 Å². The van der Waals surface area contributed by atoms with Gasteiger partial charge in [0.25, 0.3) is 5.91 Å². The van der Waals surface area contributed by atoms with Crippen molar-refractivity contribution in [3.63, 3.8) is 0 Å². The van der Waals surface area contributed by atoms with Gasteiger partial charge in [0.2, 0.25) is 0 Å². The molecule has 0 bridgehead atoms. The van der Waals surface area contributed by atoms with Crippen molar-refractivity contribution in [3.05, 3.63) is 30.2 Å². The van der Waals surface area contributed by atoms with Gasteiger partial charge in [-0.05, 0) is 0 Å². The lowest BCUT2D eigenvalue weighted by molar-refractivity contribution is 0.0962. The molecule has 1 amide bonds. The molecule has 0 fully saturated rings. The third-order valence-electron chi connectivity index (χ3n) is 1.74. The summed E-state index contributed by atoms with van der Waals surface area (Å²) in [7, 11) is 1.58. The number of nitrogens with one attached hydrogen (secondary N) is 1. The second-order valence-corrected chi connectivity index (χ2v) is 2.56. The summed E-state index contributed by atoms with van der Waals surface area (Å²) in [5.74, 6) is -0.162. The summed E-state index contributed by atoms with van der Waals surface area (Å²) in [5, 5.41) is 6.49. The molecule has 0 radical (unpaired) electrons. The quantitative estimate of drug-likeness (QED) is 0.669. The van der Waals surface area contributed by atoms with Gasteiger partial charge in [0, 0.05) is 25.5 Å². The number of hydrogen-bond acceptors (Lipinski definition) is 3. The lowest BCUT2D eigenvalue weighted by atomic mass is 10.3. The Morgan fingerprint density at radius 1 is 1.62 bits per heavy atom. The Bertz CT molecular complexity index is 448. The van der Waals surface area contributed by atoms with Crippen LogP contribution in [-0.4, -0.2) is 27.6 Å². The highest BCUT2D eigenvalue weighted by molar-refractivity contribution is 5.93. The molecule has 0 aliphatic heterocycles. The first-order valence-electron chi connectivity index (χ1n) is 3.83. The largest absolute Gasteiger partial charge is 0.355 e. The first-order chi connectivity index (χ1) is 6.31. The molecule has 0 spiro atoms. The van der Waals surface area contributed by atoms with Crippen LogP contribution in [0.2, 0.25) is 0 Å². The van der Waals surface area contributed by atoms with Gasteiger partial charge in [-0.25, -0.2) is 9.50 Å². The first-order valence-corrected chi connectivity index (χ1v) is 3.83. The maximum atomic E-state index is 11.2. The highest BCUT2D eigenvalue weighted by Gasteiger charge is 2.04. The number of carbonyl (C=O) groups excluding carboxylic acids is 1. The van der Waals surface area contributed by atoms with E-state index in [1.807, 2.05) is 0 Å². The minimum Gasteiger partial charge on any atom is -0.355 e. The molecule has 13 heavy (non-hydrogen) atoms. The van der Waals surface area contributed by atoms with Crippen molar-refractivity contribution in [2.75, 3.05) is 7.05 Å². The Hall–Kier alpha value is -1.91. The third kappa shape index (κ3) is 1.24. The van der Waals surface area contributed by atoms with Crippen molar-refractivity contribution in [2.24, 2.45) is 0 Å². The number of amides is 1. The lowest BCUT2D eigenvalue weighted by Gasteiger charge is -1.98. The average Bonchev–Trinajstić information content (AvgIpc) is 2.63. The highest BCUT2D eigenvalue weighted by Crippen LogP contribution is 2.00. The lowest BCUT2D eigenvalue weighted by Crippen LogP contribution is -2.18. The zero-order valence-electron chi connectivity index (χ0n) is 7.06. The van der Waals surface area contributed by atoms with E-state index in [1.54, 1.807) is 30.0 Å². The van der Waals surface area contributed by atoms with Crippen molar-refractivity contribution < 1.29 is 4.79 Å². The van der Waals surface area contributed by atoms with E-state index >= 15 is 0 Å². The first kappa shape index (κ1) is 7.72. The van der Waals surface area contributed by atoms with Crippen molar-refractivity contribution in [1.82, 2.24) is 19.9 Å². The van der Waals surface area contributed by atoms with Crippen molar-refractivity contribution >= 4 is 11.6 Å². The molecule has 2 rings (SSSR count). The predicted molar refractivity (Wildman–Crippen MR) is 46.4 cm³/mol. The molecular weight excluding hydrogens is 168 g/mol. The van der Waals surface area contributed by atoms with E-state index in [-0.39, 0.29) is 5.91 Å². The monoisotopic (exact) mass is 176 g/mol. The number of rotatable bonds is 1. The van der Waals surface area contributed by atoms with Crippen LogP contribution in [0.25, 0.3) is 5.65 Å². The predicted octanol–water partition coefficient (Wildman–Crippen LogP) is 0.0889. The van der Waals surface area contributed by atoms with Crippen LogP contribution in [0.3, 0.4) is 0 Å². The number of nitrogens with zero attached hydrogens (tertiary/aromatic N) is 3. The summed E-state index contributed by atoms with van der Waals surface area (Å²) in [6.45, 7) is 0. The van der Waals surface area contributed by atoms with Crippen molar-refractivity contribution in [3.8, 4) is 0 Å². The van der Waals surface area contributed by atoms with E-state index in [0.717, 1.165) is 5.65 Å². The molecule has 5 nitrogen and oxygen atoms in total. The van der Waals surface area contributed by atoms with Crippen LogP contribution < -0.4 is 5.32 Å². The summed E-state index contributed by atoms with van der Waals surface area (Å²) >= 11 is 0. The summed E-state index contributed by atoms with van der Waals surface area (Å²) in [5.41, 5.74) is 1.23. The van der Waals surface area contributed by atoms with E-state index in [4.69, 9.17) is 0 Å². The topological polar surface area (TPSA) is 59.3 Å². The van der Waals surface area contributed by atoms with Crippen molar-refractivity contribution in [2.45, 2.75) is 0 Å². The zero-order chi connectivity index (χ0) is 9.26. The van der Waals surface area contributed by atoms with Gasteiger partial charge < -0.3 is 5.32 Å². The summed E-state index contributed by atoms with van der Waals surface area (Å²) in [4.78, 5) is 15.2. The molecular formula is C8H8N4O. The Balaban J connectivity index is 2.54. The Morgan fingerprint density at radius 3 is 3.23 bits per heavy atom. The molecule has 0 aliphatic carbocycles. The Morgan fingerprint density at radius 2 is 2.46 bits per heavy atom. The Labute approximate surface area is 74.4 Å². The molecule has 0 aliphatic rings. The minimum absolute atomic E-state index is 0.162. The smallest absolute Gasteiger partial charge is 0.254 e. The molecule has 0 aromatic carbocycles. The van der Waals surface area contributed by atoms with Crippen LogP contribution in [0.15, 0.2) is 24.7 Å². The van der Waals surface area contributed by atoms with Crippen LogP contribution in [0.1, 0.15) is 10.4 Å². The molecule has 2 aromatic rings. The molecule has 1 N–H and O–H groups in total. The van der Waals surface area contributed by atoms with Gasteiger partial charge in [-0.3, -0.25) is 4.79 Å². The maximum absolute atomic E-state index is 11.2. The van der Waals surface area contributed by atoms with Gasteiger partial charge in [0.15, 0.2) is 5.65 Å². The van der Waals surface area contributed by atoms with Crippen LogP contribution in [0.5, 0.6) is 0 Å². The fourth-order valence-electron chi connectivity index (χ4n) is 1.07. The van der Waals surface area contributed by atoms with E-state index in [1.165, 1.54) is 6.20 Å². The number of carbonyl (C=O) groups is 1. The summed E-state index contributed by atoms with van der Waals surface area (Å²) in [6.07, 6.45) is 4.80. The maximum Gasteiger partial charge on any atom is 0.254 e. The van der Waals surface area contributed by atoms with E-state index in [0.29, 0.717) is 5.56 Å². The number of hydrogen-bond donors (Lipinski definition) is 1. The van der Waals surface area contributed by atoms with Gasteiger partial charge in [-0.2, -0.15) is 5.10 Å². The molecule has 5 heteroatoms. The molecule has 66 valence electrons. The standard InChI is InChI=1S/C8H8N4O/c1-9-8(13)6-4-10-7-2-3-11-12(7)5-6/h2-5H,1H3,(H,9,13). The van der Waals surface area contributed by atoms with Gasteiger partial charge in [-0.15, -0.1) is 0 Å². The molecule has 0 unspecified atom stereocenters. The molecule has 2 aromatic heterocycles. The summed E-state index contributed by atoms with van der Waals surface area (Å²) in [6, 6.07) is 1.77. The minimum atomic E-state index is -0.162. The zero-order valence-corrected chi connectivity index (χ0v) is 7.06. The van der Waals surface area contributed by atoms with Crippen molar-refractivity contribution in [1.29, 1.82) is 0 Å². The second kappa shape index (κ2) is 2.85. The summed E-state index contributed by atoms with van der Waals surface area (Å²) < 4.78 is 1.56. The fourth-order valence-corrected chi connectivity index (χ4v) is 1.07.